The smallest absolute Gasteiger partial charge is 0.0604 e. The van der Waals surface area contributed by atoms with E-state index in [0.717, 1.165) is 12.1 Å². The van der Waals surface area contributed by atoms with Gasteiger partial charge in [0.2, 0.25) is 0 Å². The van der Waals surface area contributed by atoms with E-state index in [1.165, 1.54) is 11.1 Å². The number of hydrogen-bond acceptors (Lipinski definition) is 2. The molecule has 0 aliphatic rings. The van der Waals surface area contributed by atoms with Gasteiger partial charge in [0.15, 0.2) is 0 Å². The molecule has 2 heteroatoms. The van der Waals surface area contributed by atoms with Gasteiger partial charge in [0.1, 0.15) is 0 Å². The molecule has 0 aliphatic heterocycles. The number of hydrogen-bond donors (Lipinski definition) is 2. The third kappa shape index (κ3) is 2.74. The molecule has 0 heterocycles. The zero-order chi connectivity index (χ0) is 9.68. The average Bonchev–Trinajstić information content (AvgIpc) is 2.15. The van der Waals surface area contributed by atoms with Gasteiger partial charge in [-0.2, -0.15) is 0 Å². The van der Waals surface area contributed by atoms with Crippen molar-refractivity contribution in [3.63, 3.8) is 0 Å². The van der Waals surface area contributed by atoms with E-state index in [1.807, 2.05) is 0 Å². The predicted octanol–water partition coefficient (Wildman–Crippen LogP) is 1.96. The summed E-state index contributed by atoms with van der Waals surface area (Å²) in [6.07, 6.45) is 1.08. The molecule has 72 valence electrons. The fraction of sp³-hybridized carbons (Fsp3) is 0.455. The molecular weight excluding hydrogens is 162 g/mol. The quantitative estimate of drug-likeness (QED) is 0.740. The van der Waals surface area contributed by atoms with Crippen LogP contribution in [0, 0.1) is 6.92 Å². The second kappa shape index (κ2) is 4.87. The van der Waals surface area contributed by atoms with E-state index >= 15 is 0 Å². The first-order valence-corrected chi connectivity index (χ1v) is 4.72. The van der Waals surface area contributed by atoms with Crippen molar-refractivity contribution < 1.29 is 5.11 Å². The highest BCUT2D eigenvalue weighted by molar-refractivity contribution is 5.48. The topological polar surface area (TPSA) is 32.3 Å². The molecular formula is C11H17NO. The van der Waals surface area contributed by atoms with Crippen molar-refractivity contribution in [2.75, 3.05) is 18.5 Å². The summed E-state index contributed by atoms with van der Waals surface area (Å²) in [5.74, 6) is 0. The van der Waals surface area contributed by atoms with Gasteiger partial charge in [-0.25, -0.2) is 0 Å². The highest BCUT2D eigenvalue weighted by atomic mass is 16.3. The lowest BCUT2D eigenvalue weighted by molar-refractivity contribution is 0.311. The van der Waals surface area contributed by atoms with Gasteiger partial charge in [-0.05, 0) is 36.6 Å². The van der Waals surface area contributed by atoms with Crippen LogP contribution in [0.4, 0.5) is 5.69 Å². The van der Waals surface area contributed by atoms with E-state index in [9.17, 15) is 0 Å². The lowest BCUT2D eigenvalue weighted by Crippen LogP contribution is -2.05. The number of rotatable bonds is 4. The second-order valence-corrected chi connectivity index (χ2v) is 3.15. The molecule has 0 fully saturated rings. The number of aryl methyl sites for hydroxylation is 2. The Kier molecular flexibility index (Phi) is 3.77. The first-order valence-electron chi connectivity index (χ1n) is 4.72. The van der Waals surface area contributed by atoms with Crippen LogP contribution in [0.1, 0.15) is 18.1 Å². The summed E-state index contributed by atoms with van der Waals surface area (Å²) in [6, 6.07) is 6.31. The van der Waals surface area contributed by atoms with Gasteiger partial charge < -0.3 is 10.4 Å². The Morgan fingerprint density at radius 2 is 2.15 bits per heavy atom. The maximum Gasteiger partial charge on any atom is 0.0604 e. The van der Waals surface area contributed by atoms with Crippen molar-refractivity contribution in [3.05, 3.63) is 29.3 Å². The van der Waals surface area contributed by atoms with Crippen molar-refractivity contribution in [3.8, 4) is 0 Å². The van der Waals surface area contributed by atoms with E-state index in [-0.39, 0.29) is 6.61 Å². The minimum absolute atomic E-state index is 0.175. The van der Waals surface area contributed by atoms with Gasteiger partial charge in [-0.3, -0.25) is 0 Å². The summed E-state index contributed by atoms with van der Waals surface area (Å²) in [5.41, 5.74) is 3.78. The van der Waals surface area contributed by atoms with Crippen molar-refractivity contribution in [2.24, 2.45) is 0 Å². The molecule has 0 aromatic heterocycles. The zero-order valence-electron chi connectivity index (χ0n) is 8.30. The van der Waals surface area contributed by atoms with Gasteiger partial charge in [0.05, 0.1) is 6.61 Å². The Bertz CT molecular complexity index is 271. The highest BCUT2D eigenvalue weighted by Crippen LogP contribution is 2.15. The van der Waals surface area contributed by atoms with Gasteiger partial charge in [0.25, 0.3) is 0 Å². The Hall–Kier alpha value is -1.02. The van der Waals surface area contributed by atoms with Crippen molar-refractivity contribution >= 4 is 5.69 Å². The SMILES string of the molecule is CCc1ccc(NCCO)cc1C. The standard InChI is InChI=1S/C11H17NO/c1-3-10-4-5-11(8-9(10)2)12-6-7-13/h4-5,8,12-13H,3,6-7H2,1-2H3. The third-order valence-corrected chi connectivity index (χ3v) is 2.16. The van der Waals surface area contributed by atoms with E-state index in [2.05, 4.69) is 37.4 Å². The molecule has 2 N–H and O–H groups in total. The van der Waals surface area contributed by atoms with E-state index in [4.69, 9.17) is 5.11 Å². The minimum Gasteiger partial charge on any atom is -0.395 e. The summed E-state index contributed by atoms with van der Waals surface area (Å²) >= 11 is 0. The maximum atomic E-state index is 8.64. The highest BCUT2D eigenvalue weighted by Gasteiger charge is 1.96. The Morgan fingerprint density at radius 3 is 2.69 bits per heavy atom. The van der Waals surface area contributed by atoms with Gasteiger partial charge in [0, 0.05) is 12.2 Å². The molecule has 0 spiro atoms. The molecule has 0 saturated carbocycles. The van der Waals surface area contributed by atoms with E-state index in [0.29, 0.717) is 6.54 Å². The molecule has 0 unspecified atom stereocenters. The van der Waals surface area contributed by atoms with E-state index < -0.39 is 0 Å². The van der Waals surface area contributed by atoms with Gasteiger partial charge in [-0.15, -0.1) is 0 Å². The largest absolute Gasteiger partial charge is 0.395 e. The Labute approximate surface area is 79.6 Å². The van der Waals surface area contributed by atoms with Crippen LogP contribution in [0.25, 0.3) is 0 Å². The molecule has 1 aromatic rings. The maximum absolute atomic E-state index is 8.64. The summed E-state index contributed by atoms with van der Waals surface area (Å²) < 4.78 is 0. The van der Waals surface area contributed by atoms with Crippen LogP contribution in [-0.4, -0.2) is 18.3 Å². The second-order valence-electron chi connectivity index (χ2n) is 3.15. The Balaban J connectivity index is 2.71. The Morgan fingerprint density at radius 1 is 1.38 bits per heavy atom. The van der Waals surface area contributed by atoms with Crippen LogP contribution in [0.5, 0.6) is 0 Å². The molecule has 2 nitrogen and oxygen atoms in total. The molecule has 0 amide bonds. The first-order chi connectivity index (χ1) is 6.27. The van der Waals surface area contributed by atoms with Gasteiger partial charge >= 0.3 is 0 Å². The van der Waals surface area contributed by atoms with Crippen molar-refractivity contribution in [1.29, 1.82) is 0 Å². The molecule has 1 aromatic carbocycles. The zero-order valence-corrected chi connectivity index (χ0v) is 8.30. The number of aliphatic hydroxyl groups excluding tert-OH is 1. The summed E-state index contributed by atoms with van der Waals surface area (Å²) in [7, 11) is 0. The predicted molar refractivity (Wildman–Crippen MR) is 56.1 cm³/mol. The summed E-state index contributed by atoms with van der Waals surface area (Å²) in [4.78, 5) is 0. The fourth-order valence-corrected chi connectivity index (χ4v) is 1.40. The molecule has 0 bridgehead atoms. The van der Waals surface area contributed by atoms with Crippen molar-refractivity contribution in [1.82, 2.24) is 0 Å². The molecule has 0 aliphatic carbocycles. The van der Waals surface area contributed by atoms with Crippen LogP contribution in [0.3, 0.4) is 0 Å². The minimum atomic E-state index is 0.175. The van der Waals surface area contributed by atoms with Crippen molar-refractivity contribution in [2.45, 2.75) is 20.3 Å². The number of anilines is 1. The molecule has 13 heavy (non-hydrogen) atoms. The lowest BCUT2D eigenvalue weighted by atomic mass is 10.1. The van der Waals surface area contributed by atoms with Crippen LogP contribution >= 0.6 is 0 Å². The number of benzene rings is 1. The fourth-order valence-electron chi connectivity index (χ4n) is 1.40. The first kappa shape index (κ1) is 10.1. The van der Waals surface area contributed by atoms with Crippen LogP contribution in [0.15, 0.2) is 18.2 Å². The van der Waals surface area contributed by atoms with Crippen LogP contribution in [0.2, 0.25) is 0 Å². The molecule has 0 radical (unpaired) electrons. The monoisotopic (exact) mass is 179 g/mol. The molecule has 0 atom stereocenters. The average molecular weight is 179 g/mol. The molecule has 0 saturated heterocycles. The third-order valence-electron chi connectivity index (χ3n) is 2.16. The van der Waals surface area contributed by atoms with Crippen LogP contribution < -0.4 is 5.32 Å². The van der Waals surface area contributed by atoms with Crippen LogP contribution in [-0.2, 0) is 6.42 Å². The normalized spacial score (nSPS) is 10.1. The summed E-state index contributed by atoms with van der Waals surface area (Å²) in [5, 5.41) is 11.8. The number of aliphatic hydroxyl groups is 1. The van der Waals surface area contributed by atoms with Gasteiger partial charge in [-0.1, -0.05) is 13.0 Å². The number of nitrogens with one attached hydrogen (secondary N) is 1. The lowest BCUT2D eigenvalue weighted by Gasteiger charge is -2.08. The van der Waals surface area contributed by atoms with E-state index in [1.54, 1.807) is 0 Å². The molecule has 1 rings (SSSR count). The summed E-state index contributed by atoms with van der Waals surface area (Å²) in [6.45, 7) is 5.06.